The topological polar surface area (TPSA) is 41.5 Å². The van der Waals surface area contributed by atoms with Gasteiger partial charge in [0.05, 0.1) is 6.61 Å². The lowest BCUT2D eigenvalue weighted by molar-refractivity contribution is 0.233. The second-order valence-electron chi connectivity index (χ2n) is 3.96. The highest BCUT2D eigenvalue weighted by molar-refractivity contribution is 5.33. The first kappa shape index (κ1) is 13.0. The molecule has 1 rings (SSSR count). The van der Waals surface area contributed by atoms with E-state index >= 15 is 0 Å². The molecule has 90 valence electrons. The average molecular weight is 223 g/mol. The molecule has 0 amide bonds. The SMILES string of the molecule is CCOc1ccccc1CNCC(C)CO. The van der Waals surface area contributed by atoms with Gasteiger partial charge in [-0.05, 0) is 18.9 Å². The smallest absolute Gasteiger partial charge is 0.123 e. The summed E-state index contributed by atoms with van der Waals surface area (Å²) < 4.78 is 5.53. The van der Waals surface area contributed by atoms with Crippen LogP contribution in [-0.2, 0) is 6.54 Å². The van der Waals surface area contributed by atoms with Crippen LogP contribution >= 0.6 is 0 Å². The molecule has 1 aromatic carbocycles. The second-order valence-corrected chi connectivity index (χ2v) is 3.96. The maximum Gasteiger partial charge on any atom is 0.123 e. The third kappa shape index (κ3) is 4.21. The number of hydrogen-bond acceptors (Lipinski definition) is 3. The molecule has 0 aromatic heterocycles. The summed E-state index contributed by atoms with van der Waals surface area (Å²) in [5.41, 5.74) is 1.16. The molecule has 0 fully saturated rings. The fourth-order valence-corrected chi connectivity index (χ4v) is 1.46. The maximum absolute atomic E-state index is 8.91. The molecule has 1 aromatic rings. The summed E-state index contributed by atoms with van der Waals surface area (Å²) in [6.45, 7) is 6.50. The lowest BCUT2D eigenvalue weighted by atomic mass is 10.1. The molecular weight excluding hydrogens is 202 g/mol. The van der Waals surface area contributed by atoms with Gasteiger partial charge in [0.25, 0.3) is 0 Å². The number of para-hydroxylation sites is 1. The van der Waals surface area contributed by atoms with Gasteiger partial charge in [-0.1, -0.05) is 25.1 Å². The molecule has 0 saturated carbocycles. The van der Waals surface area contributed by atoms with Crippen molar-refractivity contribution in [3.05, 3.63) is 29.8 Å². The average Bonchev–Trinajstić information content (AvgIpc) is 2.31. The van der Waals surface area contributed by atoms with E-state index in [9.17, 15) is 0 Å². The molecule has 0 bridgehead atoms. The fraction of sp³-hybridized carbons (Fsp3) is 0.538. The van der Waals surface area contributed by atoms with E-state index < -0.39 is 0 Å². The van der Waals surface area contributed by atoms with Crippen LogP contribution in [0.5, 0.6) is 5.75 Å². The van der Waals surface area contributed by atoms with Crippen molar-refractivity contribution < 1.29 is 9.84 Å². The van der Waals surface area contributed by atoms with E-state index in [4.69, 9.17) is 9.84 Å². The Morgan fingerprint density at radius 2 is 2.12 bits per heavy atom. The standard InChI is InChI=1S/C13H21NO2/c1-3-16-13-7-5-4-6-12(13)9-14-8-11(2)10-15/h4-7,11,14-15H,3,8-10H2,1-2H3. The summed E-state index contributed by atoms with van der Waals surface area (Å²) in [6.07, 6.45) is 0. The first-order valence-corrected chi connectivity index (χ1v) is 5.80. The number of rotatable bonds is 7. The summed E-state index contributed by atoms with van der Waals surface area (Å²) in [7, 11) is 0. The van der Waals surface area contributed by atoms with Crippen LogP contribution in [-0.4, -0.2) is 24.9 Å². The molecule has 1 atom stereocenters. The third-order valence-corrected chi connectivity index (χ3v) is 2.39. The molecule has 0 radical (unpaired) electrons. The minimum atomic E-state index is 0.222. The van der Waals surface area contributed by atoms with Gasteiger partial charge in [0.1, 0.15) is 5.75 Å². The molecule has 3 heteroatoms. The molecule has 0 aliphatic rings. The van der Waals surface area contributed by atoms with Crippen LogP contribution < -0.4 is 10.1 Å². The Hall–Kier alpha value is -1.06. The lowest BCUT2D eigenvalue weighted by Gasteiger charge is -2.12. The van der Waals surface area contributed by atoms with Crippen molar-refractivity contribution in [3.63, 3.8) is 0 Å². The number of benzene rings is 1. The zero-order valence-electron chi connectivity index (χ0n) is 10.1. The van der Waals surface area contributed by atoms with E-state index in [1.54, 1.807) is 0 Å². The molecule has 3 nitrogen and oxygen atoms in total. The second kappa shape index (κ2) is 7.25. The Morgan fingerprint density at radius 3 is 2.81 bits per heavy atom. The zero-order valence-corrected chi connectivity index (χ0v) is 10.1. The summed E-state index contributed by atoms with van der Waals surface area (Å²) in [6, 6.07) is 8.03. The van der Waals surface area contributed by atoms with Crippen molar-refractivity contribution >= 4 is 0 Å². The first-order chi connectivity index (χ1) is 7.77. The van der Waals surface area contributed by atoms with Crippen LogP contribution in [0, 0.1) is 5.92 Å². The van der Waals surface area contributed by atoms with Gasteiger partial charge in [0, 0.05) is 25.3 Å². The quantitative estimate of drug-likeness (QED) is 0.740. The predicted molar refractivity (Wildman–Crippen MR) is 65.6 cm³/mol. The highest BCUT2D eigenvalue weighted by Crippen LogP contribution is 2.17. The van der Waals surface area contributed by atoms with E-state index in [2.05, 4.69) is 11.4 Å². The van der Waals surface area contributed by atoms with Gasteiger partial charge in [0.15, 0.2) is 0 Å². The van der Waals surface area contributed by atoms with Gasteiger partial charge in [-0.2, -0.15) is 0 Å². The van der Waals surface area contributed by atoms with E-state index in [0.29, 0.717) is 12.5 Å². The number of hydrogen-bond donors (Lipinski definition) is 2. The molecule has 0 aliphatic heterocycles. The number of ether oxygens (including phenoxy) is 1. The van der Waals surface area contributed by atoms with Crippen LogP contribution in [0.3, 0.4) is 0 Å². The van der Waals surface area contributed by atoms with Gasteiger partial charge in [-0.25, -0.2) is 0 Å². The van der Waals surface area contributed by atoms with Crippen LogP contribution in [0.25, 0.3) is 0 Å². The molecule has 16 heavy (non-hydrogen) atoms. The van der Waals surface area contributed by atoms with E-state index in [0.717, 1.165) is 24.4 Å². The van der Waals surface area contributed by atoms with E-state index in [1.165, 1.54) is 0 Å². The van der Waals surface area contributed by atoms with Crippen molar-refractivity contribution in [2.75, 3.05) is 19.8 Å². The summed E-state index contributed by atoms with van der Waals surface area (Å²) in [5, 5.41) is 12.2. The fourth-order valence-electron chi connectivity index (χ4n) is 1.46. The summed E-state index contributed by atoms with van der Waals surface area (Å²) in [4.78, 5) is 0. The minimum Gasteiger partial charge on any atom is -0.494 e. The van der Waals surface area contributed by atoms with Gasteiger partial charge in [0.2, 0.25) is 0 Å². The van der Waals surface area contributed by atoms with Crippen molar-refractivity contribution in [1.29, 1.82) is 0 Å². The monoisotopic (exact) mass is 223 g/mol. The molecule has 2 N–H and O–H groups in total. The normalized spacial score (nSPS) is 12.4. The highest BCUT2D eigenvalue weighted by Gasteiger charge is 2.03. The van der Waals surface area contributed by atoms with Gasteiger partial charge in [-0.15, -0.1) is 0 Å². The van der Waals surface area contributed by atoms with Crippen LogP contribution in [0.1, 0.15) is 19.4 Å². The largest absolute Gasteiger partial charge is 0.494 e. The minimum absolute atomic E-state index is 0.222. The molecule has 0 heterocycles. The Bertz CT molecular complexity index is 302. The van der Waals surface area contributed by atoms with Crippen molar-refractivity contribution in [1.82, 2.24) is 5.32 Å². The Balaban J connectivity index is 2.46. The van der Waals surface area contributed by atoms with Crippen molar-refractivity contribution in [3.8, 4) is 5.75 Å². The van der Waals surface area contributed by atoms with Crippen LogP contribution in [0.15, 0.2) is 24.3 Å². The Kier molecular flexibility index (Phi) is 5.90. The highest BCUT2D eigenvalue weighted by atomic mass is 16.5. The molecule has 0 saturated heterocycles. The van der Waals surface area contributed by atoms with E-state index in [1.807, 2.05) is 32.0 Å². The van der Waals surface area contributed by atoms with Crippen molar-refractivity contribution in [2.45, 2.75) is 20.4 Å². The molecular formula is C13H21NO2. The number of nitrogens with one attached hydrogen (secondary N) is 1. The van der Waals surface area contributed by atoms with Gasteiger partial charge < -0.3 is 15.2 Å². The summed E-state index contributed by atoms with van der Waals surface area (Å²) in [5.74, 6) is 1.23. The van der Waals surface area contributed by atoms with Crippen LogP contribution in [0.2, 0.25) is 0 Å². The molecule has 0 aliphatic carbocycles. The molecule has 0 spiro atoms. The van der Waals surface area contributed by atoms with E-state index in [-0.39, 0.29) is 6.61 Å². The third-order valence-electron chi connectivity index (χ3n) is 2.39. The zero-order chi connectivity index (χ0) is 11.8. The lowest BCUT2D eigenvalue weighted by Crippen LogP contribution is -2.23. The maximum atomic E-state index is 8.91. The van der Waals surface area contributed by atoms with Gasteiger partial charge in [-0.3, -0.25) is 0 Å². The Morgan fingerprint density at radius 1 is 1.38 bits per heavy atom. The number of aliphatic hydroxyl groups is 1. The summed E-state index contributed by atoms with van der Waals surface area (Å²) >= 11 is 0. The van der Waals surface area contributed by atoms with Crippen LogP contribution in [0.4, 0.5) is 0 Å². The number of aliphatic hydroxyl groups excluding tert-OH is 1. The predicted octanol–water partition coefficient (Wildman–Crippen LogP) is 1.80. The van der Waals surface area contributed by atoms with Gasteiger partial charge >= 0.3 is 0 Å². The Labute approximate surface area is 97.4 Å². The molecule has 1 unspecified atom stereocenters. The van der Waals surface area contributed by atoms with Crippen molar-refractivity contribution in [2.24, 2.45) is 5.92 Å². The first-order valence-electron chi connectivity index (χ1n) is 5.80.